The summed E-state index contributed by atoms with van der Waals surface area (Å²) in [6, 6.07) is 27.8. The molecule has 0 unspecified atom stereocenters. The minimum absolute atomic E-state index is 0.0725. The Balaban J connectivity index is 1.62. The van der Waals surface area contributed by atoms with Crippen LogP contribution in [-0.2, 0) is 17.6 Å². The molecule has 0 aliphatic heterocycles. The smallest absolute Gasteiger partial charge is 0.277 e. The van der Waals surface area contributed by atoms with Crippen molar-refractivity contribution in [3.05, 3.63) is 102 Å². The Bertz CT molecular complexity index is 878. The molecule has 3 rings (SSSR count). The third-order valence-electron chi connectivity index (χ3n) is 4.20. The molecule has 4 heteroatoms. The van der Waals surface area contributed by atoms with Gasteiger partial charge in [-0.15, -0.1) is 0 Å². The van der Waals surface area contributed by atoms with E-state index in [1.807, 2.05) is 67.6 Å². The molecule has 1 N–H and O–H groups in total. The number of carbonyl (C=O) groups is 1. The van der Waals surface area contributed by atoms with Crippen molar-refractivity contribution in [2.75, 3.05) is 6.61 Å². The van der Waals surface area contributed by atoms with E-state index < -0.39 is 0 Å². The van der Waals surface area contributed by atoms with Gasteiger partial charge in [0.2, 0.25) is 0 Å². The topological polar surface area (TPSA) is 50.7 Å². The van der Waals surface area contributed by atoms with Crippen LogP contribution in [0.5, 0.6) is 5.75 Å². The first-order valence-electron chi connectivity index (χ1n) is 9.30. The fourth-order valence-electron chi connectivity index (χ4n) is 2.83. The van der Waals surface area contributed by atoms with Gasteiger partial charge in [-0.2, -0.15) is 5.10 Å². The lowest BCUT2D eigenvalue weighted by Gasteiger charge is -2.09. The summed E-state index contributed by atoms with van der Waals surface area (Å²) in [5, 5.41) is 4.38. The number of aryl methyl sites for hydroxylation is 1. The molecule has 0 radical (unpaired) electrons. The Morgan fingerprint density at radius 1 is 0.857 bits per heavy atom. The van der Waals surface area contributed by atoms with E-state index in [1.54, 1.807) is 0 Å². The number of rotatable bonds is 8. The number of hydrogen-bond acceptors (Lipinski definition) is 3. The summed E-state index contributed by atoms with van der Waals surface area (Å²) in [6.45, 7) is 1.91. The van der Waals surface area contributed by atoms with Crippen LogP contribution in [0.15, 0.2) is 90.0 Å². The van der Waals surface area contributed by atoms with Gasteiger partial charge < -0.3 is 4.74 Å². The number of amides is 1. The molecule has 0 fully saturated rings. The second-order valence-corrected chi connectivity index (χ2v) is 6.64. The highest BCUT2D eigenvalue weighted by Gasteiger charge is 2.07. The first kappa shape index (κ1) is 19.4. The van der Waals surface area contributed by atoms with E-state index in [0.717, 1.165) is 22.4 Å². The number of ether oxygens (including phenoxy) is 1. The Morgan fingerprint density at radius 3 is 2.04 bits per heavy atom. The summed E-state index contributed by atoms with van der Waals surface area (Å²) < 4.78 is 5.54. The molecule has 1 amide bonds. The Labute approximate surface area is 165 Å². The monoisotopic (exact) mass is 372 g/mol. The Hall–Kier alpha value is -3.40. The summed E-state index contributed by atoms with van der Waals surface area (Å²) >= 11 is 0. The van der Waals surface area contributed by atoms with E-state index in [-0.39, 0.29) is 12.5 Å². The number of nitrogens with one attached hydrogen (secondary N) is 1. The average Bonchev–Trinajstić information content (AvgIpc) is 2.72. The van der Waals surface area contributed by atoms with E-state index in [9.17, 15) is 4.79 Å². The molecule has 3 aromatic rings. The van der Waals surface area contributed by atoms with Gasteiger partial charge in [-0.05, 0) is 35.7 Å². The lowest BCUT2D eigenvalue weighted by molar-refractivity contribution is -0.123. The predicted octanol–water partition coefficient (Wildman–Crippen LogP) is 4.33. The van der Waals surface area contributed by atoms with E-state index in [4.69, 9.17) is 4.74 Å². The van der Waals surface area contributed by atoms with Gasteiger partial charge in [-0.25, -0.2) is 5.43 Å². The number of carbonyl (C=O) groups excluding carboxylic acids is 1. The van der Waals surface area contributed by atoms with Gasteiger partial charge >= 0.3 is 0 Å². The third-order valence-corrected chi connectivity index (χ3v) is 4.20. The molecule has 0 saturated heterocycles. The molecule has 28 heavy (non-hydrogen) atoms. The molecular formula is C24H24N2O2. The highest BCUT2D eigenvalue weighted by molar-refractivity contribution is 5.90. The van der Waals surface area contributed by atoms with Crippen LogP contribution in [0.3, 0.4) is 0 Å². The molecule has 0 spiro atoms. The summed E-state index contributed by atoms with van der Waals surface area (Å²) in [6.07, 6.45) is 1.35. The molecule has 0 saturated carbocycles. The molecule has 0 aromatic heterocycles. The fraction of sp³-hybridized carbons (Fsp3) is 0.167. The maximum Gasteiger partial charge on any atom is 0.277 e. The summed E-state index contributed by atoms with van der Waals surface area (Å²) in [7, 11) is 0. The van der Waals surface area contributed by atoms with Crippen LogP contribution in [0, 0.1) is 6.92 Å². The van der Waals surface area contributed by atoms with Crippen molar-refractivity contribution in [2.24, 2.45) is 5.10 Å². The van der Waals surface area contributed by atoms with Crippen LogP contribution in [0.2, 0.25) is 0 Å². The van der Waals surface area contributed by atoms with Crippen molar-refractivity contribution in [3.63, 3.8) is 0 Å². The Kier molecular flexibility index (Phi) is 6.96. The fourth-order valence-corrected chi connectivity index (χ4v) is 2.83. The van der Waals surface area contributed by atoms with Gasteiger partial charge in [0, 0.05) is 18.6 Å². The molecule has 0 aliphatic carbocycles. The minimum Gasteiger partial charge on any atom is -0.484 e. The van der Waals surface area contributed by atoms with Crippen LogP contribution in [-0.4, -0.2) is 18.2 Å². The van der Waals surface area contributed by atoms with Gasteiger partial charge in [0.15, 0.2) is 6.61 Å². The third kappa shape index (κ3) is 6.40. The summed E-state index contributed by atoms with van der Waals surface area (Å²) in [5.41, 5.74) is 6.92. The van der Waals surface area contributed by atoms with Gasteiger partial charge in [0.25, 0.3) is 5.91 Å². The van der Waals surface area contributed by atoms with E-state index in [1.165, 1.54) is 0 Å². The largest absolute Gasteiger partial charge is 0.484 e. The van der Waals surface area contributed by atoms with E-state index in [0.29, 0.717) is 18.6 Å². The molecule has 0 heterocycles. The second kappa shape index (κ2) is 10.1. The van der Waals surface area contributed by atoms with E-state index in [2.05, 4.69) is 34.8 Å². The molecule has 142 valence electrons. The van der Waals surface area contributed by atoms with Gasteiger partial charge in [0.1, 0.15) is 5.75 Å². The molecule has 0 aliphatic rings. The molecule has 0 bridgehead atoms. The first-order valence-corrected chi connectivity index (χ1v) is 9.30. The van der Waals surface area contributed by atoms with Crippen LogP contribution in [0.25, 0.3) is 0 Å². The quantitative estimate of drug-likeness (QED) is 0.473. The SMILES string of the molecule is Cc1cccc(OCC(=O)NN=C(Cc2ccccc2)Cc2ccccc2)c1. The molecule has 3 aromatic carbocycles. The maximum atomic E-state index is 12.2. The molecular weight excluding hydrogens is 348 g/mol. The summed E-state index contributed by atoms with van der Waals surface area (Å²) in [4.78, 5) is 12.2. The van der Waals surface area contributed by atoms with Crippen molar-refractivity contribution < 1.29 is 9.53 Å². The standard InChI is InChI=1S/C24H24N2O2/c1-19-9-8-14-23(15-19)28-18-24(27)26-25-22(16-20-10-4-2-5-11-20)17-21-12-6-3-7-13-21/h2-15H,16-18H2,1H3,(H,26,27). The van der Waals surface area contributed by atoms with Crippen molar-refractivity contribution in [1.82, 2.24) is 5.43 Å². The highest BCUT2D eigenvalue weighted by Crippen LogP contribution is 2.12. The van der Waals surface area contributed by atoms with Crippen LogP contribution in [0.1, 0.15) is 16.7 Å². The van der Waals surface area contributed by atoms with Gasteiger partial charge in [-0.1, -0.05) is 72.8 Å². The number of hydrogen-bond donors (Lipinski definition) is 1. The zero-order chi connectivity index (χ0) is 19.6. The van der Waals surface area contributed by atoms with Crippen molar-refractivity contribution in [1.29, 1.82) is 0 Å². The van der Waals surface area contributed by atoms with Gasteiger partial charge in [-0.3, -0.25) is 4.79 Å². The van der Waals surface area contributed by atoms with Crippen molar-refractivity contribution >= 4 is 11.6 Å². The van der Waals surface area contributed by atoms with Gasteiger partial charge in [0.05, 0.1) is 0 Å². The zero-order valence-corrected chi connectivity index (χ0v) is 16.0. The Morgan fingerprint density at radius 2 is 1.46 bits per heavy atom. The normalized spacial score (nSPS) is 10.2. The van der Waals surface area contributed by atoms with Crippen LogP contribution < -0.4 is 10.2 Å². The lowest BCUT2D eigenvalue weighted by atomic mass is 10.0. The van der Waals surface area contributed by atoms with E-state index >= 15 is 0 Å². The summed E-state index contributed by atoms with van der Waals surface area (Å²) in [5.74, 6) is 0.396. The molecule has 4 nitrogen and oxygen atoms in total. The van der Waals surface area contributed by atoms with Crippen LogP contribution >= 0.6 is 0 Å². The molecule has 0 atom stereocenters. The number of hydrazone groups is 1. The average molecular weight is 372 g/mol. The maximum absolute atomic E-state index is 12.2. The second-order valence-electron chi connectivity index (χ2n) is 6.64. The number of benzene rings is 3. The minimum atomic E-state index is -0.278. The number of nitrogens with zero attached hydrogens (tertiary/aromatic N) is 1. The predicted molar refractivity (Wildman–Crippen MR) is 113 cm³/mol. The van der Waals surface area contributed by atoms with Crippen molar-refractivity contribution in [2.45, 2.75) is 19.8 Å². The van der Waals surface area contributed by atoms with Crippen LogP contribution in [0.4, 0.5) is 0 Å². The zero-order valence-electron chi connectivity index (χ0n) is 16.0. The first-order chi connectivity index (χ1) is 13.7. The highest BCUT2D eigenvalue weighted by atomic mass is 16.5. The van der Waals surface area contributed by atoms with Crippen molar-refractivity contribution in [3.8, 4) is 5.75 Å². The lowest BCUT2D eigenvalue weighted by Crippen LogP contribution is -2.26.